The summed E-state index contributed by atoms with van der Waals surface area (Å²) in [5.74, 6) is -0.977. The largest absolute Gasteiger partial charge is 0.418 e. The highest BCUT2D eigenvalue weighted by atomic mass is 35.5. The molecule has 0 radical (unpaired) electrons. The van der Waals surface area contributed by atoms with Gasteiger partial charge in [-0.05, 0) is 24.3 Å². The molecule has 0 aliphatic carbocycles. The van der Waals surface area contributed by atoms with Gasteiger partial charge in [-0.15, -0.1) is 0 Å². The van der Waals surface area contributed by atoms with Crippen molar-refractivity contribution in [3.8, 4) is 0 Å². The molecule has 6 nitrogen and oxygen atoms in total. The maximum absolute atomic E-state index is 12.9. The number of halogens is 4. The van der Waals surface area contributed by atoms with E-state index in [2.05, 4.69) is 5.43 Å². The Balaban J connectivity index is 2.23. The molecule has 24 heavy (non-hydrogen) atoms. The van der Waals surface area contributed by atoms with Crippen molar-refractivity contribution in [2.75, 3.05) is 5.43 Å². The third kappa shape index (κ3) is 3.93. The molecular weight excluding hydrogens is 351 g/mol. The van der Waals surface area contributed by atoms with Gasteiger partial charge >= 0.3 is 6.18 Å². The lowest BCUT2D eigenvalue weighted by Crippen LogP contribution is -2.31. The molecule has 2 aromatic rings. The summed E-state index contributed by atoms with van der Waals surface area (Å²) in [5, 5.41) is 11.0. The van der Waals surface area contributed by atoms with E-state index in [1.54, 1.807) is 0 Å². The molecule has 0 aliphatic rings. The van der Waals surface area contributed by atoms with Crippen LogP contribution in [0.1, 0.15) is 15.9 Å². The van der Waals surface area contributed by atoms with Gasteiger partial charge in [-0.2, -0.15) is 13.2 Å². The normalized spacial score (nSPS) is 11.0. The zero-order chi connectivity index (χ0) is 17.9. The zero-order valence-corrected chi connectivity index (χ0v) is 12.5. The molecule has 0 unspecified atom stereocenters. The molecule has 0 aromatic heterocycles. The topological polar surface area (TPSA) is 84.3 Å². The summed E-state index contributed by atoms with van der Waals surface area (Å²) in [6.07, 6.45) is -4.62. The molecule has 10 heteroatoms. The molecule has 0 bridgehead atoms. The van der Waals surface area contributed by atoms with Gasteiger partial charge in [0, 0.05) is 11.1 Å². The minimum absolute atomic E-state index is 0.0497. The summed E-state index contributed by atoms with van der Waals surface area (Å²) in [4.78, 5) is 22.1. The van der Waals surface area contributed by atoms with Crippen LogP contribution in [0.15, 0.2) is 42.5 Å². The second-order valence-corrected chi connectivity index (χ2v) is 4.98. The number of carbonyl (C=O) groups excluding carboxylic acids is 1. The highest BCUT2D eigenvalue weighted by molar-refractivity contribution is 6.31. The predicted octanol–water partition coefficient (Wildman–Crippen LogP) is 4.02. The van der Waals surface area contributed by atoms with E-state index >= 15 is 0 Å². The highest BCUT2D eigenvalue weighted by Crippen LogP contribution is 2.34. The van der Waals surface area contributed by atoms with Crippen LogP contribution in [0.25, 0.3) is 0 Å². The van der Waals surface area contributed by atoms with Crippen LogP contribution in [-0.4, -0.2) is 10.8 Å². The minimum atomic E-state index is -4.62. The number of hydrazine groups is 1. The van der Waals surface area contributed by atoms with E-state index in [1.807, 2.05) is 5.43 Å². The Morgan fingerprint density at radius 3 is 2.46 bits per heavy atom. The van der Waals surface area contributed by atoms with Crippen molar-refractivity contribution in [3.05, 3.63) is 68.7 Å². The zero-order valence-electron chi connectivity index (χ0n) is 11.7. The van der Waals surface area contributed by atoms with Gasteiger partial charge in [-0.25, -0.2) is 0 Å². The summed E-state index contributed by atoms with van der Waals surface area (Å²) < 4.78 is 38.6. The van der Waals surface area contributed by atoms with Crippen molar-refractivity contribution < 1.29 is 22.9 Å². The number of nitro groups is 1. The van der Waals surface area contributed by atoms with E-state index in [0.29, 0.717) is 0 Å². The number of amides is 1. The van der Waals surface area contributed by atoms with E-state index in [0.717, 1.165) is 24.3 Å². The summed E-state index contributed by atoms with van der Waals surface area (Å²) in [6.45, 7) is 0. The van der Waals surface area contributed by atoms with Crippen LogP contribution in [0.5, 0.6) is 0 Å². The molecule has 126 valence electrons. The third-order valence-corrected chi connectivity index (χ3v) is 3.18. The Morgan fingerprint density at radius 2 is 1.83 bits per heavy atom. The number of benzene rings is 2. The number of nitro benzene ring substituents is 1. The molecule has 2 rings (SSSR count). The fourth-order valence-corrected chi connectivity index (χ4v) is 2.04. The van der Waals surface area contributed by atoms with Crippen LogP contribution in [0.3, 0.4) is 0 Å². The quantitative estimate of drug-likeness (QED) is 0.637. The second-order valence-electron chi connectivity index (χ2n) is 4.54. The van der Waals surface area contributed by atoms with E-state index in [-0.39, 0.29) is 10.6 Å². The van der Waals surface area contributed by atoms with Crippen LogP contribution in [0, 0.1) is 10.1 Å². The Morgan fingerprint density at radius 1 is 1.17 bits per heavy atom. The van der Waals surface area contributed by atoms with Crippen molar-refractivity contribution >= 4 is 28.9 Å². The van der Waals surface area contributed by atoms with E-state index < -0.39 is 33.9 Å². The summed E-state index contributed by atoms with van der Waals surface area (Å²) in [5.41, 5.74) is 1.84. The van der Waals surface area contributed by atoms with Gasteiger partial charge < -0.3 is 0 Å². The number of alkyl halides is 3. The molecule has 0 fully saturated rings. The summed E-state index contributed by atoms with van der Waals surface area (Å²) >= 11 is 5.63. The molecule has 0 heterocycles. The van der Waals surface area contributed by atoms with Gasteiger partial charge in [0.2, 0.25) is 0 Å². The SMILES string of the molecule is O=C(NNc1ccccc1C(F)(F)F)c1ccc(Cl)cc1[N+](=O)[O-]. The average molecular weight is 360 g/mol. The van der Waals surface area contributed by atoms with Gasteiger partial charge in [0.05, 0.1) is 16.2 Å². The first-order valence-corrected chi connectivity index (χ1v) is 6.74. The minimum Gasteiger partial charge on any atom is -0.298 e. The fraction of sp³-hybridized carbons (Fsp3) is 0.0714. The monoisotopic (exact) mass is 359 g/mol. The van der Waals surface area contributed by atoms with Crippen LogP contribution in [-0.2, 0) is 6.18 Å². The number of nitrogens with zero attached hydrogens (tertiary/aromatic N) is 1. The second kappa shape index (κ2) is 6.75. The van der Waals surface area contributed by atoms with Gasteiger partial charge in [0.15, 0.2) is 0 Å². The van der Waals surface area contributed by atoms with Crippen LogP contribution >= 0.6 is 11.6 Å². The number of hydrogen-bond acceptors (Lipinski definition) is 4. The molecule has 1 amide bonds. The molecule has 2 N–H and O–H groups in total. The molecule has 0 saturated carbocycles. The Kier molecular flexibility index (Phi) is 4.93. The van der Waals surface area contributed by atoms with E-state index in [9.17, 15) is 28.1 Å². The van der Waals surface area contributed by atoms with Gasteiger partial charge in [0.25, 0.3) is 11.6 Å². The van der Waals surface area contributed by atoms with Crippen molar-refractivity contribution in [1.29, 1.82) is 0 Å². The molecule has 2 aromatic carbocycles. The maximum atomic E-state index is 12.9. The molecule has 0 atom stereocenters. The standard InChI is InChI=1S/C14H9ClF3N3O3/c15-8-5-6-9(12(7-8)21(23)24)13(22)20-19-11-4-2-1-3-10(11)14(16,17)18/h1-7,19H,(H,20,22). The number of rotatable bonds is 4. The van der Waals surface area contributed by atoms with Crippen molar-refractivity contribution in [3.63, 3.8) is 0 Å². The predicted molar refractivity (Wildman–Crippen MR) is 80.6 cm³/mol. The van der Waals surface area contributed by atoms with Crippen LogP contribution in [0.2, 0.25) is 5.02 Å². The van der Waals surface area contributed by atoms with Crippen LogP contribution in [0.4, 0.5) is 24.5 Å². The third-order valence-electron chi connectivity index (χ3n) is 2.94. The van der Waals surface area contributed by atoms with Crippen molar-refractivity contribution in [2.24, 2.45) is 0 Å². The first kappa shape index (κ1) is 17.5. The lowest BCUT2D eigenvalue weighted by Gasteiger charge is -2.15. The Labute approximate surface area is 138 Å². The number of anilines is 1. The first-order valence-electron chi connectivity index (χ1n) is 6.36. The molecular formula is C14H9ClF3N3O3. The molecule has 0 spiro atoms. The highest BCUT2D eigenvalue weighted by Gasteiger charge is 2.33. The van der Waals surface area contributed by atoms with Gasteiger partial charge in [0.1, 0.15) is 5.56 Å². The smallest absolute Gasteiger partial charge is 0.298 e. The Hall–Kier alpha value is -2.81. The summed E-state index contributed by atoms with van der Waals surface area (Å²) in [6, 6.07) is 7.81. The lowest BCUT2D eigenvalue weighted by atomic mass is 10.1. The molecule has 0 saturated heterocycles. The Bertz CT molecular complexity index is 796. The average Bonchev–Trinajstić information content (AvgIpc) is 2.51. The van der Waals surface area contributed by atoms with Crippen molar-refractivity contribution in [1.82, 2.24) is 5.43 Å². The van der Waals surface area contributed by atoms with Gasteiger partial charge in [-0.1, -0.05) is 23.7 Å². The first-order chi connectivity index (χ1) is 11.2. The fourth-order valence-electron chi connectivity index (χ4n) is 1.88. The van der Waals surface area contributed by atoms with E-state index in [4.69, 9.17) is 11.6 Å². The van der Waals surface area contributed by atoms with Crippen molar-refractivity contribution in [2.45, 2.75) is 6.18 Å². The lowest BCUT2D eigenvalue weighted by molar-refractivity contribution is -0.385. The number of para-hydroxylation sites is 1. The number of hydrogen-bond donors (Lipinski definition) is 2. The number of nitrogens with one attached hydrogen (secondary N) is 2. The van der Waals surface area contributed by atoms with Gasteiger partial charge in [-0.3, -0.25) is 25.8 Å². The molecule has 0 aliphatic heterocycles. The summed E-state index contributed by atoms with van der Waals surface area (Å²) in [7, 11) is 0. The van der Waals surface area contributed by atoms with Crippen LogP contribution < -0.4 is 10.9 Å². The number of carbonyl (C=O) groups is 1. The maximum Gasteiger partial charge on any atom is 0.418 e. The van der Waals surface area contributed by atoms with E-state index in [1.165, 1.54) is 18.2 Å².